The quantitative estimate of drug-likeness (QED) is 0.604. The van der Waals surface area contributed by atoms with E-state index in [2.05, 4.69) is 18.3 Å². The maximum absolute atomic E-state index is 11.2. The van der Waals surface area contributed by atoms with Crippen molar-refractivity contribution in [3.8, 4) is 0 Å². The molecule has 0 N–H and O–H groups in total. The van der Waals surface area contributed by atoms with Crippen LogP contribution in [0.3, 0.4) is 0 Å². The number of nitrogens with zero attached hydrogens (tertiary/aromatic N) is 2. The Labute approximate surface area is 70.7 Å². The highest BCUT2D eigenvalue weighted by Crippen LogP contribution is 2.13. The standard InChI is InChI=1S/C9H10N2O/c1-4-7-8(12)5-6-11(3)9(7)10-2/h4-6H,1-2H2,3H3. The Morgan fingerprint density at radius 3 is 2.75 bits per heavy atom. The van der Waals surface area contributed by atoms with Crippen LogP contribution in [0.4, 0.5) is 5.82 Å². The Bertz CT molecular complexity index is 377. The SMILES string of the molecule is C=Cc1c(N=C)n(C)ccc1=O. The molecular weight excluding hydrogens is 152 g/mol. The molecule has 3 heteroatoms. The van der Waals surface area contributed by atoms with Gasteiger partial charge in [0.2, 0.25) is 0 Å². The number of aromatic nitrogens is 1. The number of hydrogen-bond acceptors (Lipinski definition) is 2. The monoisotopic (exact) mass is 162 g/mol. The lowest BCUT2D eigenvalue weighted by Crippen LogP contribution is -2.07. The van der Waals surface area contributed by atoms with Crippen molar-refractivity contribution in [1.29, 1.82) is 0 Å². The molecular formula is C9H10N2O. The zero-order valence-electron chi connectivity index (χ0n) is 6.95. The van der Waals surface area contributed by atoms with Gasteiger partial charge in [-0.15, -0.1) is 0 Å². The van der Waals surface area contributed by atoms with E-state index in [9.17, 15) is 4.79 Å². The molecule has 0 saturated carbocycles. The third kappa shape index (κ3) is 1.21. The van der Waals surface area contributed by atoms with Crippen LogP contribution in [-0.4, -0.2) is 11.3 Å². The van der Waals surface area contributed by atoms with Crippen molar-refractivity contribution < 1.29 is 0 Å². The first-order valence-corrected chi connectivity index (χ1v) is 3.49. The lowest BCUT2D eigenvalue weighted by molar-refractivity contribution is 0.898. The van der Waals surface area contributed by atoms with Gasteiger partial charge in [0.25, 0.3) is 0 Å². The molecule has 1 aromatic heterocycles. The van der Waals surface area contributed by atoms with Gasteiger partial charge in [0.1, 0.15) is 5.82 Å². The smallest absolute Gasteiger partial charge is 0.190 e. The zero-order valence-corrected chi connectivity index (χ0v) is 6.95. The van der Waals surface area contributed by atoms with Gasteiger partial charge in [-0.25, -0.2) is 4.99 Å². The van der Waals surface area contributed by atoms with Crippen molar-refractivity contribution in [2.75, 3.05) is 0 Å². The fourth-order valence-electron chi connectivity index (χ4n) is 1.03. The molecule has 0 saturated heterocycles. The summed E-state index contributed by atoms with van der Waals surface area (Å²) in [5, 5.41) is 0. The molecule has 0 amide bonds. The summed E-state index contributed by atoms with van der Waals surface area (Å²) in [5.74, 6) is 0.553. The summed E-state index contributed by atoms with van der Waals surface area (Å²) >= 11 is 0. The Balaban J connectivity index is 3.59. The van der Waals surface area contributed by atoms with Crippen molar-refractivity contribution in [1.82, 2.24) is 4.57 Å². The van der Waals surface area contributed by atoms with Crippen LogP contribution >= 0.6 is 0 Å². The van der Waals surface area contributed by atoms with Crippen LogP contribution in [0.15, 0.2) is 28.6 Å². The molecule has 0 aliphatic carbocycles. The van der Waals surface area contributed by atoms with Crippen LogP contribution < -0.4 is 5.43 Å². The second-order valence-corrected chi connectivity index (χ2v) is 2.39. The summed E-state index contributed by atoms with van der Waals surface area (Å²) in [4.78, 5) is 15.0. The van der Waals surface area contributed by atoms with Crippen LogP contribution in [-0.2, 0) is 7.05 Å². The van der Waals surface area contributed by atoms with Crippen molar-refractivity contribution in [2.45, 2.75) is 0 Å². The van der Waals surface area contributed by atoms with Gasteiger partial charge < -0.3 is 4.57 Å². The molecule has 0 aromatic carbocycles. The zero-order chi connectivity index (χ0) is 9.14. The summed E-state index contributed by atoms with van der Waals surface area (Å²) in [7, 11) is 1.80. The molecule has 1 aromatic rings. The van der Waals surface area contributed by atoms with Gasteiger partial charge in [-0.05, 0) is 6.72 Å². The summed E-state index contributed by atoms with van der Waals surface area (Å²) in [6.07, 6.45) is 3.14. The minimum atomic E-state index is -0.0782. The van der Waals surface area contributed by atoms with E-state index in [0.717, 1.165) is 0 Å². The number of aryl methyl sites for hydroxylation is 1. The van der Waals surface area contributed by atoms with Gasteiger partial charge in [-0.2, -0.15) is 0 Å². The molecule has 0 radical (unpaired) electrons. The Morgan fingerprint density at radius 1 is 1.67 bits per heavy atom. The van der Waals surface area contributed by atoms with E-state index in [1.54, 1.807) is 17.8 Å². The highest BCUT2D eigenvalue weighted by Gasteiger charge is 2.02. The number of pyridine rings is 1. The van der Waals surface area contributed by atoms with Crippen LogP contribution in [0, 0.1) is 0 Å². The van der Waals surface area contributed by atoms with E-state index in [1.165, 1.54) is 12.1 Å². The fourth-order valence-corrected chi connectivity index (χ4v) is 1.03. The molecule has 1 rings (SSSR count). The Morgan fingerprint density at radius 2 is 2.33 bits per heavy atom. The largest absolute Gasteiger partial charge is 0.335 e. The van der Waals surface area contributed by atoms with E-state index in [4.69, 9.17) is 0 Å². The molecule has 0 aliphatic heterocycles. The predicted molar refractivity (Wildman–Crippen MR) is 51.0 cm³/mol. The maximum Gasteiger partial charge on any atom is 0.190 e. The molecule has 0 fully saturated rings. The van der Waals surface area contributed by atoms with Crippen molar-refractivity contribution in [3.05, 3.63) is 34.6 Å². The lowest BCUT2D eigenvalue weighted by atomic mass is 10.2. The molecule has 3 nitrogen and oxygen atoms in total. The average molecular weight is 162 g/mol. The number of hydrogen-bond donors (Lipinski definition) is 0. The minimum Gasteiger partial charge on any atom is -0.335 e. The van der Waals surface area contributed by atoms with Gasteiger partial charge in [0.05, 0.1) is 5.56 Å². The fraction of sp³-hybridized carbons (Fsp3) is 0.111. The van der Waals surface area contributed by atoms with E-state index >= 15 is 0 Å². The van der Waals surface area contributed by atoms with E-state index in [1.807, 2.05) is 0 Å². The second-order valence-electron chi connectivity index (χ2n) is 2.39. The summed E-state index contributed by atoms with van der Waals surface area (Å²) in [6, 6.07) is 1.48. The first-order valence-electron chi connectivity index (χ1n) is 3.49. The van der Waals surface area contributed by atoms with Crippen LogP contribution in [0.1, 0.15) is 5.56 Å². The van der Waals surface area contributed by atoms with E-state index in [0.29, 0.717) is 11.4 Å². The summed E-state index contributed by atoms with van der Waals surface area (Å²) < 4.78 is 1.73. The third-order valence-electron chi connectivity index (χ3n) is 1.64. The van der Waals surface area contributed by atoms with Gasteiger partial charge in [-0.1, -0.05) is 12.7 Å². The first-order chi connectivity index (χ1) is 5.70. The normalized spacial score (nSPS) is 9.42. The molecule has 0 atom stereocenters. The van der Waals surface area contributed by atoms with Crippen LogP contribution in [0.2, 0.25) is 0 Å². The second kappa shape index (κ2) is 3.17. The van der Waals surface area contributed by atoms with Crippen LogP contribution in [0.25, 0.3) is 6.08 Å². The van der Waals surface area contributed by atoms with Crippen molar-refractivity contribution in [3.63, 3.8) is 0 Å². The van der Waals surface area contributed by atoms with Gasteiger partial charge in [0.15, 0.2) is 5.43 Å². The number of aliphatic imine (C=N–C) groups is 1. The number of rotatable bonds is 2. The molecule has 0 spiro atoms. The highest BCUT2D eigenvalue weighted by atomic mass is 16.1. The van der Waals surface area contributed by atoms with Gasteiger partial charge in [0, 0.05) is 19.3 Å². The third-order valence-corrected chi connectivity index (χ3v) is 1.64. The molecule has 0 unspecified atom stereocenters. The van der Waals surface area contributed by atoms with Crippen LogP contribution in [0.5, 0.6) is 0 Å². The molecule has 12 heavy (non-hydrogen) atoms. The lowest BCUT2D eigenvalue weighted by Gasteiger charge is -2.04. The molecule has 1 heterocycles. The predicted octanol–water partition coefficient (Wildman–Crippen LogP) is 1.36. The van der Waals surface area contributed by atoms with Crippen molar-refractivity contribution in [2.24, 2.45) is 12.0 Å². The maximum atomic E-state index is 11.2. The summed E-state index contributed by atoms with van der Waals surface area (Å²) in [5.41, 5.74) is 0.417. The minimum absolute atomic E-state index is 0.0782. The van der Waals surface area contributed by atoms with E-state index in [-0.39, 0.29) is 5.43 Å². The average Bonchev–Trinajstić information content (AvgIpc) is 2.08. The molecule has 0 aliphatic rings. The molecule has 0 bridgehead atoms. The summed E-state index contributed by atoms with van der Waals surface area (Å²) in [6.45, 7) is 6.92. The van der Waals surface area contributed by atoms with Gasteiger partial charge >= 0.3 is 0 Å². The Kier molecular flexibility index (Phi) is 2.24. The Hall–Kier alpha value is -1.64. The molecule has 62 valence electrons. The highest BCUT2D eigenvalue weighted by molar-refractivity contribution is 5.61. The van der Waals surface area contributed by atoms with Crippen molar-refractivity contribution >= 4 is 18.6 Å². The topological polar surface area (TPSA) is 34.4 Å². The van der Waals surface area contributed by atoms with Gasteiger partial charge in [-0.3, -0.25) is 4.79 Å². The first kappa shape index (κ1) is 8.46. The van der Waals surface area contributed by atoms with E-state index < -0.39 is 0 Å².